The maximum atomic E-state index is 14.3. The van der Waals surface area contributed by atoms with E-state index in [4.69, 9.17) is 0 Å². The van der Waals surface area contributed by atoms with E-state index in [0.717, 1.165) is 0 Å². The average Bonchev–Trinajstić information content (AvgIpc) is 2.44. The molecule has 18 heavy (non-hydrogen) atoms. The molecule has 2 heterocycles. The van der Waals surface area contributed by atoms with Crippen LogP contribution in [0.15, 0.2) is 48.7 Å². The second-order valence-corrected chi connectivity index (χ2v) is 4.13. The molecule has 0 fully saturated rings. The summed E-state index contributed by atoms with van der Waals surface area (Å²) in [5, 5.41) is 0.551. The van der Waals surface area contributed by atoms with E-state index >= 15 is 0 Å². The third kappa shape index (κ3) is 1.64. The normalized spacial score (nSPS) is 10.8. The highest BCUT2D eigenvalue weighted by Crippen LogP contribution is 2.26. The summed E-state index contributed by atoms with van der Waals surface area (Å²) >= 11 is 0. The molecular formula is C15H11FN2. The Morgan fingerprint density at radius 2 is 1.78 bits per heavy atom. The number of aromatic nitrogens is 2. The summed E-state index contributed by atoms with van der Waals surface area (Å²) in [6.45, 7) is 1.73. The minimum Gasteiger partial charge on any atom is -0.255 e. The zero-order chi connectivity index (χ0) is 12.5. The molecule has 0 saturated heterocycles. The summed E-state index contributed by atoms with van der Waals surface area (Å²) in [6.07, 6.45) is 1.68. The Morgan fingerprint density at radius 1 is 1.00 bits per heavy atom. The van der Waals surface area contributed by atoms with Gasteiger partial charge in [0.15, 0.2) is 0 Å². The summed E-state index contributed by atoms with van der Waals surface area (Å²) in [7, 11) is 0. The van der Waals surface area contributed by atoms with E-state index in [0.29, 0.717) is 27.9 Å². The van der Waals surface area contributed by atoms with Crippen LogP contribution in [0.5, 0.6) is 0 Å². The fraction of sp³-hybridized carbons (Fsp3) is 0.0667. The minimum absolute atomic E-state index is 0.221. The van der Waals surface area contributed by atoms with Crippen LogP contribution in [0.3, 0.4) is 0 Å². The number of hydrogen-bond donors (Lipinski definition) is 0. The summed E-state index contributed by atoms with van der Waals surface area (Å²) < 4.78 is 14.3. The molecule has 0 aliphatic carbocycles. The molecule has 0 amide bonds. The van der Waals surface area contributed by atoms with Crippen LogP contribution in [0.2, 0.25) is 0 Å². The molecule has 2 nitrogen and oxygen atoms in total. The molecule has 3 aromatic rings. The number of para-hydroxylation sites is 1. The fourth-order valence-electron chi connectivity index (χ4n) is 2.02. The summed E-state index contributed by atoms with van der Waals surface area (Å²) in [6, 6.07) is 12.8. The van der Waals surface area contributed by atoms with Crippen molar-refractivity contribution in [1.82, 2.24) is 9.97 Å². The molecule has 0 spiro atoms. The van der Waals surface area contributed by atoms with Crippen LogP contribution in [-0.4, -0.2) is 9.97 Å². The van der Waals surface area contributed by atoms with Gasteiger partial charge in [-0.05, 0) is 31.2 Å². The number of halogens is 1. The van der Waals surface area contributed by atoms with E-state index < -0.39 is 0 Å². The lowest BCUT2D eigenvalue weighted by Crippen LogP contribution is -1.96. The fourth-order valence-corrected chi connectivity index (χ4v) is 2.02. The van der Waals surface area contributed by atoms with Crippen LogP contribution in [0.1, 0.15) is 5.56 Å². The Kier molecular flexibility index (Phi) is 2.52. The van der Waals surface area contributed by atoms with Gasteiger partial charge in [-0.15, -0.1) is 0 Å². The van der Waals surface area contributed by atoms with E-state index in [9.17, 15) is 4.39 Å². The van der Waals surface area contributed by atoms with Crippen LogP contribution < -0.4 is 0 Å². The van der Waals surface area contributed by atoms with Crippen molar-refractivity contribution in [2.75, 3.05) is 0 Å². The first kappa shape index (κ1) is 10.8. The largest absolute Gasteiger partial charge is 0.255 e. The molecule has 1 aromatic carbocycles. The third-order valence-corrected chi connectivity index (χ3v) is 2.96. The van der Waals surface area contributed by atoms with Crippen molar-refractivity contribution in [3.8, 4) is 11.4 Å². The highest BCUT2D eigenvalue weighted by Gasteiger charge is 2.13. The van der Waals surface area contributed by atoms with Crippen LogP contribution in [0.4, 0.5) is 4.39 Å². The van der Waals surface area contributed by atoms with Gasteiger partial charge in [0.05, 0.1) is 16.9 Å². The van der Waals surface area contributed by atoms with Gasteiger partial charge in [0.2, 0.25) is 0 Å². The smallest absolute Gasteiger partial charge is 0.137 e. The first-order chi connectivity index (χ1) is 8.77. The van der Waals surface area contributed by atoms with Crippen molar-refractivity contribution in [1.29, 1.82) is 0 Å². The number of nitrogens with zero attached hydrogens (tertiary/aromatic N) is 2. The number of rotatable bonds is 1. The number of benzene rings is 1. The molecule has 0 radical (unpaired) electrons. The van der Waals surface area contributed by atoms with E-state index in [1.807, 2.05) is 36.4 Å². The molecular weight excluding hydrogens is 227 g/mol. The quantitative estimate of drug-likeness (QED) is 0.645. The predicted molar refractivity (Wildman–Crippen MR) is 69.7 cm³/mol. The zero-order valence-electron chi connectivity index (χ0n) is 9.89. The first-order valence-electron chi connectivity index (χ1n) is 5.73. The van der Waals surface area contributed by atoms with Gasteiger partial charge in [0, 0.05) is 17.1 Å². The Hall–Kier alpha value is -2.29. The minimum atomic E-state index is -0.221. The van der Waals surface area contributed by atoms with Gasteiger partial charge in [0.1, 0.15) is 5.82 Å². The molecule has 0 saturated carbocycles. The lowest BCUT2D eigenvalue weighted by molar-refractivity contribution is 0.629. The van der Waals surface area contributed by atoms with E-state index in [1.165, 1.54) is 0 Å². The second-order valence-electron chi connectivity index (χ2n) is 4.13. The van der Waals surface area contributed by atoms with Gasteiger partial charge in [-0.3, -0.25) is 4.98 Å². The maximum absolute atomic E-state index is 14.3. The Bertz CT molecular complexity index is 708. The van der Waals surface area contributed by atoms with Crippen molar-refractivity contribution in [2.24, 2.45) is 0 Å². The lowest BCUT2D eigenvalue weighted by Gasteiger charge is -2.08. The average molecular weight is 238 g/mol. The van der Waals surface area contributed by atoms with E-state index in [2.05, 4.69) is 9.97 Å². The molecule has 0 unspecified atom stereocenters. The summed E-state index contributed by atoms with van der Waals surface area (Å²) in [5.74, 6) is -0.221. The van der Waals surface area contributed by atoms with E-state index in [-0.39, 0.29) is 5.82 Å². The molecule has 88 valence electrons. The first-order valence-corrected chi connectivity index (χ1v) is 5.73. The highest BCUT2D eigenvalue weighted by molar-refractivity contribution is 5.83. The zero-order valence-corrected chi connectivity index (χ0v) is 9.89. The van der Waals surface area contributed by atoms with Crippen molar-refractivity contribution in [3.63, 3.8) is 0 Å². The van der Waals surface area contributed by atoms with Gasteiger partial charge in [-0.25, -0.2) is 9.37 Å². The van der Waals surface area contributed by atoms with Gasteiger partial charge in [-0.1, -0.05) is 18.2 Å². The standard InChI is InChI=1S/C15H11FN2/c1-10-14(16)11-6-2-3-7-12(11)18-15(10)13-8-4-5-9-17-13/h2-9H,1H3. The van der Waals surface area contributed by atoms with Crippen LogP contribution >= 0.6 is 0 Å². The van der Waals surface area contributed by atoms with Crippen LogP contribution in [0.25, 0.3) is 22.3 Å². The number of hydrogen-bond acceptors (Lipinski definition) is 2. The molecule has 0 atom stereocenters. The molecule has 0 aliphatic rings. The number of fused-ring (bicyclic) bond motifs is 1. The van der Waals surface area contributed by atoms with Gasteiger partial charge >= 0.3 is 0 Å². The maximum Gasteiger partial charge on any atom is 0.137 e. The van der Waals surface area contributed by atoms with Gasteiger partial charge < -0.3 is 0 Å². The highest BCUT2D eigenvalue weighted by atomic mass is 19.1. The van der Waals surface area contributed by atoms with Crippen molar-refractivity contribution < 1.29 is 4.39 Å². The molecule has 0 N–H and O–H groups in total. The Morgan fingerprint density at radius 3 is 2.56 bits per heavy atom. The molecule has 0 bridgehead atoms. The van der Waals surface area contributed by atoms with E-state index in [1.54, 1.807) is 19.2 Å². The van der Waals surface area contributed by atoms with Crippen LogP contribution in [-0.2, 0) is 0 Å². The summed E-state index contributed by atoms with van der Waals surface area (Å²) in [4.78, 5) is 8.73. The second kappa shape index (κ2) is 4.18. The SMILES string of the molecule is Cc1c(-c2ccccn2)nc2ccccc2c1F. The van der Waals surface area contributed by atoms with Crippen molar-refractivity contribution in [2.45, 2.75) is 6.92 Å². The lowest BCUT2D eigenvalue weighted by atomic mass is 10.1. The summed E-state index contributed by atoms with van der Waals surface area (Å²) in [5.41, 5.74) is 2.49. The molecule has 2 aromatic heterocycles. The predicted octanol–water partition coefficient (Wildman–Crippen LogP) is 3.74. The number of pyridine rings is 2. The topological polar surface area (TPSA) is 25.8 Å². The molecule has 0 aliphatic heterocycles. The third-order valence-electron chi connectivity index (χ3n) is 2.96. The van der Waals surface area contributed by atoms with Crippen molar-refractivity contribution in [3.05, 3.63) is 60.0 Å². The Labute approximate surface area is 104 Å². The monoisotopic (exact) mass is 238 g/mol. The van der Waals surface area contributed by atoms with Crippen molar-refractivity contribution >= 4 is 10.9 Å². The van der Waals surface area contributed by atoms with Crippen LogP contribution in [0, 0.1) is 12.7 Å². The Balaban J connectivity index is 2.34. The molecule has 3 rings (SSSR count). The molecule has 3 heteroatoms. The van der Waals surface area contributed by atoms with Gasteiger partial charge in [-0.2, -0.15) is 0 Å². The van der Waals surface area contributed by atoms with Gasteiger partial charge in [0.25, 0.3) is 0 Å².